The Kier molecular flexibility index (Phi) is 4.57. The van der Waals surface area contributed by atoms with Crippen LogP contribution in [0.5, 0.6) is 0 Å². The van der Waals surface area contributed by atoms with Crippen molar-refractivity contribution in [1.82, 2.24) is 4.98 Å². The van der Waals surface area contributed by atoms with Gasteiger partial charge in [-0.3, -0.25) is 4.79 Å². The summed E-state index contributed by atoms with van der Waals surface area (Å²) < 4.78 is 5.52. The average molecular weight is 337 g/mol. The number of benzene rings is 1. The van der Waals surface area contributed by atoms with Gasteiger partial charge >= 0.3 is 5.97 Å². The van der Waals surface area contributed by atoms with Crippen LogP contribution in [0.2, 0.25) is 0 Å². The highest BCUT2D eigenvalue weighted by molar-refractivity contribution is 9.10. The van der Waals surface area contributed by atoms with Gasteiger partial charge < -0.3 is 15.0 Å². The van der Waals surface area contributed by atoms with Crippen LogP contribution < -0.4 is 5.32 Å². The Morgan fingerprint density at radius 3 is 2.75 bits per heavy atom. The molecule has 0 aliphatic heterocycles. The van der Waals surface area contributed by atoms with Crippen molar-refractivity contribution >= 4 is 33.5 Å². The lowest BCUT2D eigenvalue weighted by molar-refractivity contribution is 0.0526. The second-order valence-electron chi connectivity index (χ2n) is 3.95. The van der Waals surface area contributed by atoms with Crippen LogP contribution in [0.15, 0.2) is 41.0 Å². The van der Waals surface area contributed by atoms with Crippen molar-refractivity contribution in [2.75, 3.05) is 11.9 Å². The number of carbonyl (C=O) groups excluding carboxylic acids is 2. The van der Waals surface area contributed by atoms with Crippen molar-refractivity contribution < 1.29 is 14.3 Å². The first-order valence-corrected chi connectivity index (χ1v) is 6.82. The predicted molar refractivity (Wildman–Crippen MR) is 78.8 cm³/mol. The minimum absolute atomic E-state index is 0.250. The van der Waals surface area contributed by atoms with Crippen molar-refractivity contribution in [3.05, 3.63) is 52.3 Å². The average Bonchev–Trinajstić information content (AvgIpc) is 2.95. The summed E-state index contributed by atoms with van der Waals surface area (Å²) in [5.74, 6) is -0.643. The van der Waals surface area contributed by atoms with E-state index in [1.54, 1.807) is 43.5 Å². The van der Waals surface area contributed by atoms with Crippen molar-refractivity contribution in [3.8, 4) is 0 Å². The first kappa shape index (κ1) is 14.3. The standard InChI is InChI=1S/C14H13BrN2O3/c1-2-20-14(19)9-5-6-11(10(15)8-9)17-13(18)12-4-3-7-16-12/h3-8,16H,2H2,1H3,(H,17,18). The van der Waals surface area contributed by atoms with E-state index in [9.17, 15) is 9.59 Å². The van der Waals surface area contributed by atoms with Crippen LogP contribution in [0.1, 0.15) is 27.8 Å². The number of carbonyl (C=O) groups is 2. The van der Waals surface area contributed by atoms with Crippen LogP contribution >= 0.6 is 15.9 Å². The largest absolute Gasteiger partial charge is 0.462 e. The van der Waals surface area contributed by atoms with Crippen molar-refractivity contribution in [1.29, 1.82) is 0 Å². The summed E-state index contributed by atoms with van der Waals surface area (Å²) in [6.45, 7) is 2.07. The topological polar surface area (TPSA) is 71.2 Å². The molecular weight excluding hydrogens is 324 g/mol. The normalized spacial score (nSPS) is 10.1. The molecule has 0 unspecified atom stereocenters. The summed E-state index contributed by atoms with van der Waals surface area (Å²) in [4.78, 5) is 26.3. The fourth-order valence-corrected chi connectivity index (χ4v) is 2.10. The van der Waals surface area contributed by atoms with Crippen LogP contribution in [-0.2, 0) is 4.74 Å². The fraction of sp³-hybridized carbons (Fsp3) is 0.143. The Labute approximate surface area is 124 Å². The third-order valence-corrected chi connectivity index (χ3v) is 3.23. The quantitative estimate of drug-likeness (QED) is 0.842. The zero-order chi connectivity index (χ0) is 14.5. The van der Waals surface area contributed by atoms with E-state index in [1.165, 1.54) is 0 Å². The Morgan fingerprint density at radius 2 is 2.15 bits per heavy atom. The van der Waals surface area contributed by atoms with E-state index >= 15 is 0 Å². The van der Waals surface area contributed by atoms with Crippen LogP contribution in [0.4, 0.5) is 5.69 Å². The van der Waals surface area contributed by atoms with Gasteiger partial charge in [0.1, 0.15) is 5.69 Å². The monoisotopic (exact) mass is 336 g/mol. The first-order valence-electron chi connectivity index (χ1n) is 6.03. The zero-order valence-corrected chi connectivity index (χ0v) is 12.4. The van der Waals surface area contributed by atoms with E-state index in [-0.39, 0.29) is 5.91 Å². The summed E-state index contributed by atoms with van der Waals surface area (Å²) in [5.41, 5.74) is 1.47. The summed E-state index contributed by atoms with van der Waals surface area (Å²) in [6, 6.07) is 8.29. The molecule has 20 heavy (non-hydrogen) atoms. The molecule has 6 heteroatoms. The van der Waals surface area contributed by atoms with Gasteiger partial charge in [0.2, 0.25) is 0 Å². The minimum atomic E-state index is -0.393. The Morgan fingerprint density at radius 1 is 1.35 bits per heavy atom. The highest BCUT2D eigenvalue weighted by atomic mass is 79.9. The predicted octanol–water partition coefficient (Wildman–Crippen LogP) is 3.21. The number of nitrogens with one attached hydrogen (secondary N) is 2. The Balaban J connectivity index is 2.14. The number of hydrogen-bond donors (Lipinski definition) is 2. The molecule has 2 aromatic rings. The van der Waals surface area contributed by atoms with Gasteiger partial charge in [0.05, 0.1) is 17.9 Å². The van der Waals surface area contributed by atoms with E-state index in [0.717, 1.165) is 0 Å². The van der Waals surface area contributed by atoms with Gasteiger partial charge in [0.25, 0.3) is 5.91 Å². The SMILES string of the molecule is CCOC(=O)c1ccc(NC(=O)c2ccc[nH]2)c(Br)c1. The lowest BCUT2D eigenvalue weighted by Crippen LogP contribution is -2.13. The summed E-state index contributed by atoms with van der Waals surface area (Å²) >= 11 is 3.33. The maximum Gasteiger partial charge on any atom is 0.338 e. The number of aromatic nitrogens is 1. The van der Waals surface area contributed by atoms with Crippen LogP contribution in [0.3, 0.4) is 0 Å². The number of H-pyrrole nitrogens is 1. The highest BCUT2D eigenvalue weighted by Crippen LogP contribution is 2.24. The molecule has 2 rings (SSSR count). The highest BCUT2D eigenvalue weighted by Gasteiger charge is 2.12. The van der Waals surface area contributed by atoms with Crippen LogP contribution in [0, 0.1) is 0 Å². The molecule has 0 aliphatic carbocycles. The minimum Gasteiger partial charge on any atom is -0.462 e. The van der Waals surface area contributed by atoms with Gasteiger partial charge in [-0.2, -0.15) is 0 Å². The number of rotatable bonds is 4. The molecule has 0 aliphatic rings. The number of halogens is 1. The maximum absolute atomic E-state index is 11.9. The third kappa shape index (κ3) is 3.27. The number of aromatic amines is 1. The first-order chi connectivity index (χ1) is 9.61. The molecule has 0 radical (unpaired) electrons. The van der Waals surface area contributed by atoms with Crippen LogP contribution in [-0.4, -0.2) is 23.5 Å². The molecule has 0 fully saturated rings. The van der Waals surface area contributed by atoms with Gasteiger partial charge in [0, 0.05) is 10.7 Å². The molecular formula is C14H13BrN2O3. The summed E-state index contributed by atoms with van der Waals surface area (Å²) in [6.07, 6.45) is 1.67. The maximum atomic E-state index is 11.9. The number of ether oxygens (including phenoxy) is 1. The van der Waals surface area contributed by atoms with Gasteiger partial charge in [-0.1, -0.05) is 0 Å². The molecule has 1 amide bonds. The number of hydrogen-bond acceptors (Lipinski definition) is 3. The number of esters is 1. The molecule has 1 aromatic heterocycles. The van der Waals surface area contributed by atoms with Crippen molar-refractivity contribution in [2.45, 2.75) is 6.92 Å². The van der Waals surface area contributed by atoms with E-state index in [2.05, 4.69) is 26.2 Å². The number of anilines is 1. The van der Waals surface area contributed by atoms with Crippen LogP contribution in [0.25, 0.3) is 0 Å². The molecule has 5 nitrogen and oxygen atoms in total. The Bertz CT molecular complexity index is 623. The summed E-state index contributed by atoms with van der Waals surface area (Å²) in [7, 11) is 0. The number of amides is 1. The molecule has 1 aromatic carbocycles. The second-order valence-corrected chi connectivity index (χ2v) is 4.81. The zero-order valence-electron chi connectivity index (χ0n) is 10.8. The Hall–Kier alpha value is -2.08. The van der Waals surface area contributed by atoms with Gasteiger partial charge in [-0.25, -0.2) is 4.79 Å². The van der Waals surface area contributed by atoms with E-state index in [0.29, 0.717) is 28.0 Å². The third-order valence-electron chi connectivity index (χ3n) is 2.57. The van der Waals surface area contributed by atoms with Gasteiger partial charge in [-0.15, -0.1) is 0 Å². The smallest absolute Gasteiger partial charge is 0.338 e. The molecule has 2 N–H and O–H groups in total. The van der Waals surface area contributed by atoms with Gasteiger partial charge in [0.15, 0.2) is 0 Å². The van der Waals surface area contributed by atoms with Gasteiger partial charge in [-0.05, 0) is 53.2 Å². The summed E-state index contributed by atoms with van der Waals surface area (Å²) in [5, 5.41) is 2.74. The molecule has 0 spiro atoms. The van der Waals surface area contributed by atoms with Crippen molar-refractivity contribution in [2.24, 2.45) is 0 Å². The fourth-order valence-electron chi connectivity index (χ4n) is 1.62. The molecule has 104 valence electrons. The lowest BCUT2D eigenvalue weighted by atomic mass is 10.2. The van der Waals surface area contributed by atoms with E-state index < -0.39 is 5.97 Å². The molecule has 0 saturated carbocycles. The van der Waals surface area contributed by atoms with E-state index in [1.807, 2.05) is 0 Å². The molecule has 0 saturated heterocycles. The van der Waals surface area contributed by atoms with E-state index in [4.69, 9.17) is 4.74 Å². The lowest BCUT2D eigenvalue weighted by Gasteiger charge is -2.08. The molecule has 0 atom stereocenters. The molecule has 1 heterocycles. The molecule has 0 bridgehead atoms. The van der Waals surface area contributed by atoms with Crippen molar-refractivity contribution in [3.63, 3.8) is 0 Å². The second kappa shape index (κ2) is 6.38.